The monoisotopic (exact) mass is 260 g/mol. The lowest BCUT2D eigenvalue weighted by Crippen LogP contribution is -2.45. The zero-order valence-corrected chi connectivity index (χ0v) is 12.7. The third kappa shape index (κ3) is 3.97. The number of aryl methyl sites for hydroxylation is 1. The van der Waals surface area contributed by atoms with Gasteiger partial charge in [-0.2, -0.15) is 0 Å². The lowest BCUT2D eigenvalue weighted by atomic mass is 9.90. The van der Waals surface area contributed by atoms with Gasteiger partial charge >= 0.3 is 0 Å². The summed E-state index contributed by atoms with van der Waals surface area (Å²) in [6.45, 7) is 6.82. The van der Waals surface area contributed by atoms with Crippen molar-refractivity contribution >= 4 is 5.69 Å². The summed E-state index contributed by atoms with van der Waals surface area (Å²) in [6, 6.07) is 9.64. The predicted octanol–water partition coefficient (Wildman–Crippen LogP) is 3.46. The normalized spacial score (nSPS) is 23.3. The van der Waals surface area contributed by atoms with Gasteiger partial charge in [0.2, 0.25) is 0 Å². The summed E-state index contributed by atoms with van der Waals surface area (Å²) in [5.41, 5.74) is 2.75. The Morgan fingerprint density at radius 1 is 1.21 bits per heavy atom. The highest BCUT2D eigenvalue weighted by atomic mass is 15.1. The second-order valence-electron chi connectivity index (χ2n) is 5.85. The van der Waals surface area contributed by atoms with Gasteiger partial charge in [-0.25, -0.2) is 0 Å². The second-order valence-corrected chi connectivity index (χ2v) is 5.85. The first-order valence-electron chi connectivity index (χ1n) is 7.76. The summed E-state index contributed by atoms with van der Waals surface area (Å²) in [5, 5.41) is 3.66. The van der Waals surface area contributed by atoms with Crippen LogP contribution in [0.15, 0.2) is 24.3 Å². The topological polar surface area (TPSA) is 15.3 Å². The number of rotatable bonds is 5. The van der Waals surface area contributed by atoms with Crippen molar-refractivity contribution in [3.63, 3.8) is 0 Å². The first-order valence-corrected chi connectivity index (χ1v) is 7.76. The molecule has 0 aliphatic carbocycles. The predicted molar refractivity (Wildman–Crippen MR) is 83.9 cm³/mol. The van der Waals surface area contributed by atoms with Gasteiger partial charge in [0.25, 0.3) is 0 Å². The average Bonchev–Trinajstić information content (AvgIpc) is 2.47. The molecule has 0 aromatic heterocycles. The molecular formula is C17H28N2. The van der Waals surface area contributed by atoms with Crippen molar-refractivity contribution in [2.45, 2.75) is 45.6 Å². The number of nitrogens with one attached hydrogen (secondary N) is 1. The van der Waals surface area contributed by atoms with Gasteiger partial charge in [0, 0.05) is 25.3 Å². The molecule has 0 bridgehead atoms. The molecule has 1 saturated heterocycles. The highest BCUT2D eigenvalue weighted by Gasteiger charge is 2.21. The van der Waals surface area contributed by atoms with Crippen LogP contribution in [0.5, 0.6) is 0 Å². The fourth-order valence-corrected chi connectivity index (χ4v) is 3.03. The number of hydrogen-bond donors (Lipinski definition) is 1. The Kier molecular flexibility index (Phi) is 5.26. The average molecular weight is 260 g/mol. The number of likely N-dealkylation sites (N-methyl/N-ethyl adjacent to an activating group) is 1. The lowest BCUT2D eigenvalue weighted by molar-refractivity contribution is 0.297. The minimum absolute atomic E-state index is 0.648. The van der Waals surface area contributed by atoms with Crippen LogP contribution < -0.4 is 10.2 Å². The van der Waals surface area contributed by atoms with E-state index in [0.717, 1.165) is 18.9 Å². The Hall–Kier alpha value is -1.02. The van der Waals surface area contributed by atoms with Crippen LogP contribution in [0.3, 0.4) is 0 Å². The van der Waals surface area contributed by atoms with E-state index in [4.69, 9.17) is 0 Å². The first-order chi connectivity index (χ1) is 9.22. The van der Waals surface area contributed by atoms with Crippen LogP contribution in [0.2, 0.25) is 0 Å². The Labute approximate surface area is 118 Å². The molecule has 0 spiro atoms. The standard InChI is InChI=1S/C17H28N2/c1-4-14-6-8-17(9-7-14)19(3)13-16-12-15(5-2)10-11-18-16/h6-9,15-16,18H,4-5,10-13H2,1-3H3. The van der Waals surface area contributed by atoms with Gasteiger partial charge in [-0.15, -0.1) is 0 Å². The molecule has 0 amide bonds. The van der Waals surface area contributed by atoms with Crippen LogP contribution in [0.4, 0.5) is 5.69 Å². The van der Waals surface area contributed by atoms with Crippen molar-refractivity contribution in [3.05, 3.63) is 29.8 Å². The molecule has 2 atom stereocenters. The van der Waals surface area contributed by atoms with E-state index in [-0.39, 0.29) is 0 Å². The molecule has 0 saturated carbocycles. The van der Waals surface area contributed by atoms with Gasteiger partial charge in [0.15, 0.2) is 0 Å². The molecule has 2 rings (SSSR count). The molecule has 0 radical (unpaired) electrons. The van der Waals surface area contributed by atoms with E-state index in [1.807, 2.05) is 0 Å². The van der Waals surface area contributed by atoms with E-state index in [9.17, 15) is 0 Å². The van der Waals surface area contributed by atoms with Crippen LogP contribution in [0, 0.1) is 5.92 Å². The number of piperidine rings is 1. The van der Waals surface area contributed by atoms with Crippen molar-refractivity contribution in [3.8, 4) is 0 Å². The third-order valence-electron chi connectivity index (χ3n) is 4.46. The fourth-order valence-electron chi connectivity index (χ4n) is 3.03. The van der Waals surface area contributed by atoms with Gasteiger partial charge in [-0.05, 0) is 49.4 Å². The van der Waals surface area contributed by atoms with Crippen LogP contribution in [-0.4, -0.2) is 26.2 Å². The van der Waals surface area contributed by atoms with Crippen molar-refractivity contribution in [1.82, 2.24) is 5.32 Å². The summed E-state index contributed by atoms with van der Waals surface area (Å²) in [6.07, 6.45) is 5.12. The molecule has 1 aliphatic heterocycles. The maximum atomic E-state index is 3.66. The minimum Gasteiger partial charge on any atom is -0.373 e. The fraction of sp³-hybridized carbons (Fsp3) is 0.647. The van der Waals surface area contributed by atoms with Crippen molar-refractivity contribution in [2.75, 3.05) is 25.0 Å². The number of anilines is 1. The van der Waals surface area contributed by atoms with Gasteiger partial charge in [0.1, 0.15) is 0 Å². The van der Waals surface area contributed by atoms with Gasteiger partial charge in [-0.3, -0.25) is 0 Å². The molecular weight excluding hydrogens is 232 g/mol. The highest BCUT2D eigenvalue weighted by molar-refractivity contribution is 5.47. The molecule has 2 heteroatoms. The summed E-state index contributed by atoms with van der Waals surface area (Å²) < 4.78 is 0. The van der Waals surface area contributed by atoms with Crippen molar-refractivity contribution in [1.29, 1.82) is 0 Å². The molecule has 1 fully saturated rings. The molecule has 1 aromatic carbocycles. The molecule has 1 aliphatic rings. The quantitative estimate of drug-likeness (QED) is 0.872. The van der Waals surface area contributed by atoms with E-state index in [0.29, 0.717) is 6.04 Å². The number of benzene rings is 1. The molecule has 1 aromatic rings. The summed E-state index contributed by atoms with van der Waals surface area (Å²) in [7, 11) is 2.21. The molecule has 1 heterocycles. The van der Waals surface area contributed by atoms with Gasteiger partial charge in [0.05, 0.1) is 0 Å². The van der Waals surface area contributed by atoms with Gasteiger partial charge in [-0.1, -0.05) is 32.4 Å². The van der Waals surface area contributed by atoms with E-state index in [1.165, 1.54) is 37.1 Å². The maximum Gasteiger partial charge on any atom is 0.0364 e. The summed E-state index contributed by atoms with van der Waals surface area (Å²) in [4.78, 5) is 2.38. The SMILES string of the molecule is CCc1ccc(N(C)CC2CC(CC)CCN2)cc1. The number of hydrogen-bond acceptors (Lipinski definition) is 2. The molecule has 19 heavy (non-hydrogen) atoms. The zero-order valence-electron chi connectivity index (χ0n) is 12.7. The zero-order chi connectivity index (χ0) is 13.7. The molecule has 106 valence electrons. The van der Waals surface area contributed by atoms with Crippen LogP contribution in [0.1, 0.15) is 38.7 Å². The summed E-state index contributed by atoms with van der Waals surface area (Å²) in [5.74, 6) is 0.919. The lowest BCUT2D eigenvalue weighted by Gasteiger charge is -2.33. The molecule has 1 N–H and O–H groups in total. The van der Waals surface area contributed by atoms with Crippen molar-refractivity contribution < 1.29 is 0 Å². The minimum atomic E-state index is 0.648. The van der Waals surface area contributed by atoms with Crippen LogP contribution in [-0.2, 0) is 6.42 Å². The highest BCUT2D eigenvalue weighted by Crippen LogP contribution is 2.21. The van der Waals surface area contributed by atoms with E-state index in [1.54, 1.807) is 0 Å². The summed E-state index contributed by atoms with van der Waals surface area (Å²) >= 11 is 0. The smallest absolute Gasteiger partial charge is 0.0364 e. The third-order valence-corrected chi connectivity index (χ3v) is 4.46. The van der Waals surface area contributed by atoms with E-state index >= 15 is 0 Å². The first kappa shape index (κ1) is 14.4. The Morgan fingerprint density at radius 2 is 1.95 bits per heavy atom. The Balaban J connectivity index is 1.90. The van der Waals surface area contributed by atoms with Crippen molar-refractivity contribution in [2.24, 2.45) is 5.92 Å². The van der Waals surface area contributed by atoms with Crippen LogP contribution >= 0.6 is 0 Å². The Morgan fingerprint density at radius 3 is 2.58 bits per heavy atom. The maximum absolute atomic E-state index is 3.66. The van der Waals surface area contributed by atoms with E-state index < -0.39 is 0 Å². The van der Waals surface area contributed by atoms with Crippen LogP contribution in [0.25, 0.3) is 0 Å². The van der Waals surface area contributed by atoms with E-state index in [2.05, 4.69) is 55.4 Å². The Bertz CT molecular complexity index is 371. The largest absolute Gasteiger partial charge is 0.373 e. The number of nitrogens with zero attached hydrogens (tertiary/aromatic N) is 1. The second kappa shape index (κ2) is 6.95. The van der Waals surface area contributed by atoms with Gasteiger partial charge < -0.3 is 10.2 Å². The molecule has 2 nitrogen and oxygen atoms in total. The molecule has 2 unspecified atom stereocenters.